The van der Waals surface area contributed by atoms with Gasteiger partial charge in [-0.15, -0.1) is 0 Å². The first kappa shape index (κ1) is 13.8. The molecule has 2 heterocycles. The predicted octanol–water partition coefficient (Wildman–Crippen LogP) is 0.0968. The van der Waals surface area contributed by atoms with Crippen LogP contribution >= 0.6 is 0 Å². The highest BCUT2D eigenvalue weighted by Gasteiger charge is 2.26. The summed E-state index contributed by atoms with van der Waals surface area (Å²) >= 11 is 0. The molecule has 0 aromatic carbocycles. The summed E-state index contributed by atoms with van der Waals surface area (Å²) in [6.07, 6.45) is 0.694. The number of hydrogen-bond donors (Lipinski definition) is 1. The topological polar surface area (TPSA) is 93.4 Å². The molecule has 0 saturated carbocycles. The van der Waals surface area contributed by atoms with Gasteiger partial charge in [-0.2, -0.15) is 0 Å². The van der Waals surface area contributed by atoms with Gasteiger partial charge in [-0.3, -0.25) is 4.79 Å². The Morgan fingerprint density at radius 3 is 2.58 bits per heavy atom. The van der Waals surface area contributed by atoms with Gasteiger partial charge in [-0.1, -0.05) is 6.92 Å². The molecule has 1 aromatic heterocycles. The third-order valence-corrected chi connectivity index (χ3v) is 4.75. The van der Waals surface area contributed by atoms with Crippen molar-refractivity contribution in [3.8, 4) is 0 Å². The van der Waals surface area contributed by atoms with Crippen LogP contribution in [0.1, 0.15) is 23.0 Å². The molecule has 2 N–H and O–H groups in total. The molecule has 1 aliphatic heterocycles. The third-order valence-electron chi connectivity index (χ3n) is 3.14. The number of carbonyl (C=O) groups excluding carboxylic acids is 1. The lowest BCUT2D eigenvalue weighted by Gasteiger charge is -2.26. The average Bonchev–Trinajstić information content (AvgIpc) is 2.37. The van der Waals surface area contributed by atoms with Crippen LogP contribution in [0.25, 0.3) is 0 Å². The normalized spacial score (nSPS) is 18.3. The molecule has 1 aliphatic rings. The summed E-state index contributed by atoms with van der Waals surface area (Å²) < 4.78 is 22.7. The van der Waals surface area contributed by atoms with E-state index in [1.54, 1.807) is 11.0 Å². The second-order valence-corrected chi connectivity index (χ2v) is 6.87. The lowest BCUT2D eigenvalue weighted by atomic mass is 10.1. The molecule has 0 aliphatic carbocycles. The molecule has 104 valence electrons. The smallest absolute Gasteiger partial charge is 0.254 e. The second kappa shape index (κ2) is 5.16. The minimum absolute atomic E-state index is 0.0277. The zero-order chi connectivity index (χ0) is 14.0. The lowest BCUT2D eigenvalue weighted by Crippen LogP contribution is -2.43. The molecule has 6 nitrogen and oxygen atoms in total. The summed E-state index contributed by atoms with van der Waals surface area (Å²) in [5.41, 5.74) is 6.90. The summed E-state index contributed by atoms with van der Waals surface area (Å²) in [4.78, 5) is 17.9. The van der Waals surface area contributed by atoms with Gasteiger partial charge in [-0.25, -0.2) is 13.4 Å². The van der Waals surface area contributed by atoms with Crippen molar-refractivity contribution in [1.82, 2.24) is 9.88 Å². The number of nitrogen functional groups attached to an aromatic ring is 1. The molecule has 0 unspecified atom stereocenters. The zero-order valence-electron chi connectivity index (χ0n) is 10.8. The van der Waals surface area contributed by atoms with E-state index >= 15 is 0 Å². The predicted molar refractivity (Wildman–Crippen MR) is 72.6 cm³/mol. The first-order chi connectivity index (χ1) is 8.91. The molecule has 1 fully saturated rings. The summed E-state index contributed by atoms with van der Waals surface area (Å²) in [5, 5.41) is 0. The van der Waals surface area contributed by atoms with Crippen molar-refractivity contribution < 1.29 is 13.2 Å². The Kier molecular flexibility index (Phi) is 3.75. The largest absolute Gasteiger partial charge is 0.384 e. The molecule has 0 bridgehead atoms. The third kappa shape index (κ3) is 3.23. The Balaban J connectivity index is 2.18. The molecule has 19 heavy (non-hydrogen) atoms. The fourth-order valence-corrected chi connectivity index (χ4v) is 3.21. The molecular weight excluding hydrogens is 266 g/mol. The van der Waals surface area contributed by atoms with Crippen molar-refractivity contribution in [3.63, 3.8) is 0 Å². The zero-order valence-corrected chi connectivity index (χ0v) is 11.6. The summed E-state index contributed by atoms with van der Waals surface area (Å²) in [6, 6.07) is 3.24. The number of sulfone groups is 1. The van der Waals surface area contributed by atoms with Crippen molar-refractivity contribution in [2.24, 2.45) is 0 Å². The van der Waals surface area contributed by atoms with E-state index in [0.717, 1.165) is 5.69 Å². The van der Waals surface area contributed by atoms with Crippen molar-refractivity contribution in [2.45, 2.75) is 13.3 Å². The Morgan fingerprint density at radius 2 is 2.00 bits per heavy atom. The number of aryl methyl sites for hydroxylation is 1. The second-order valence-electron chi connectivity index (χ2n) is 4.57. The lowest BCUT2D eigenvalue weighted by molar-refractivity contribution is 0.0770. The van der Waals surface area contributed by atoms with Gasteiger partial charge in [0.2, 0.25) is 0 Å². The van der Waals surface area contributed by atoms with Crippen LogP contribution in [0, 0.1) is 0 Å². The maximum atomic E-state index is 12.3. The van der Waals surface area contributed by atoms with E-state index < -0.39 is 9.84 Å². The van der Waals surface area contributed by atoms with E-state index in [-0.39, 0.29) is 30.5 Å². The van der Waals surface area contributed by atoms with E-state index in [4.69, 9.17) is 5.73 Å². The maximum absolute atomic E-state index is 12.3. The Labute approximate surface area is 112 Å². The number of carbonyl (C=O) groups is 1. The highest BCUT2D eigenvalue weighted by Crippen LogP contribution is 2.13. The van der Waals surface area contributed by atoms with Crippen LogP contribution in [0.3, 0.4) is 0 Å². The number of anilines is 1. The van der Waals surface area contributed by atoms with Gasteiger partial charge in [-0.05, 0) is 18.6 Å². The van der Waals surface area contributed by atoms with Gasteiger partial charge in [0.25, 0.3) is 5.91 Å². The molecule has 1 aromatic rings. The fraction of sp³-hybridized carbons (Fsp3) is 0.500. The first-order valence-electron chi connectivity index (χ1n) is 6.17. The fourth-order valence-electron chi connectivity index (χ4n) is 2.01. The van der Waals surface area contributed by atoms with E-state index in [0.29, 0.717) is 17.8 Å². The average molecular weight is 283 g/mol. The van der Waals surface area contributed by atoms with Gasteiger partial charge >= 0.3 is 0 Å². The summed E-state index contributed by atoms with van der Waals surface area (Å²) in [7, 11) is -2.98. The van der Waals surface area contributed by atoms with Crippen LogP contribution in [0.15, 0.2) is 12.1 Å². The van der Waals surface area contributed by atoms with Crippen LogP contribution < -0.4 is 5.73 Å². The van der Waals surface area contributed by atoms with Gasteiger partial charge < -0.3 is 10.6 Å². The number of hydrogen-bond acceptors (Lipinski definition) is 5. The van der Waals surface area contributed by atoms with E-state index in [1.807, 2.05) is 6.92 Å². The highest BCUT2D eigenvalue weighted by atomic mass is 32.2. The van der Waals surface area contributed by atoms with Crippen LogP contribution in [0.5, 0.6) is 0 Å². The molecule has 7 heteroatoms. The quantitative estimate of drug-likeness (QED) is 0.830. The highest BCUT2D eigenvalue weighted by molar-refractivity contribution is 7.91. The maximum Gasteiger partial charge on any atom is 0.254 e. The molecular formula is C12H17N3O3S. The van der Waals surface area contributed by atoms with Gasteiger partial charge in [0.05, 0.1) is 11.5 Å². The minimum atomic E-state index is -2.98. The van der Waals surface area contributed by atoms with E-state index in [9.17, 15) is 13.2 Å². The molecule has 1 saturated heterocycles. The number of nitrogens with zero attached hydrogens (tertiary/aromatic N) is 2. The van der Waals surface area contributed by atoms with Crippen LogP contribution in [0.2, 0.25) is 0 Å². The van der Waals surface area contributed by atoms with Gasteiger partial charge in [0.1, 0.15) is 5.82 Å². The Morgan fingerprint density at radius 1 is 1.37 bits per heavy atom. The number of rotatable bonds is 2. The Bertz CT molecular complexity index is 584. The van der Waals surface area contributed by atoms with Crippen molar-refractivity contribution in [1.29, 1.82) is 0 Å². The standard InChI is InChI=1S/C12H17N3O3S/c1-2-10-7-9(8-11(13)14-10)12(16)15-3-5-19(17,18)6-4-15/h7-8H,2-6H2,1H3,(H2,13,14). The van der Waals surface area contributed by atoms with Gasteiger partial charge in [0, 0.05) is 24.3 Å². The van der Waals surface area contributed by atoms with E-state index in [2.05, 4.69) is 4.98 Å². The van der Waals surface area contributed by atoms with Gasteiger partial charge in [0.15, 0.2) is 9.84 Å². The monoisotopic (exact) mass is 283 g/mol. The molecule has 1 amide bonds. The molecule has 0 spiro atoms. The van der Waals surface area contributed by atoms with E-state index in [1.165, 1.54) is 6.07 Å². The molecule has 0 atom stereocenters. The molecule has 0 radical (unpaired) electrons. The summed E-state index contributed by atoms with van der Waals surface area (Å²) in [6.45, 7) is 2.42. The van der Waals surface area contributed by atoms with Crippen LogP contribution in [0.4, 0.5) is 5.82 Å². The number of amides is 1. The number of aromatic nitrogens is 1. The van der Waals surface area contributed by atoms with Crippen molar-refractivity contribution in [3.05, 3.63) is 23.4 Å². The van der Waals surface area contributed by atoms with Crippen molar-refractivity contribution >= 4 is 21.6 Å². The van der Waals surface area contributed by atoms with Crippen molar-refractivity contribution in [2.75, 3.05) is 30.3 Å². The van der Waals surface area contributed by atoms with Crippen LogP contribution in [-0.4, -0.2) is 48.8 Å². The minimum Gasteiger partial charge on any atom is -0.384 e. The first-order valence-corrected chi connectivity index (χ1v) is 7.99. The van der Waals surface area contributed by atoms with Crippen LogP contribution in [-0.2, 0) is 16.3 Å². The molecule has 2 rings (SSSR count). The number of nitrogens with two attached hydrogens (primary N) is 1. The number of pyridine rings is 1. The SMILES string of the molecule is CCc1cc(C(=O)N2CCS(=O)(=O)CC2)cc(N)n1. The Hall–Kier alpha value is -1.63. The summed E-state index contributed by atoms with van der Waals surface area (Å²) in [5.74, 6) is 0.186.